The molecule has 212 valence electrons. The number of benzene rings is 4. The van der Waals surface area contributed by atoms with E-state index in [1.54, 1.807) is 12.3 Å². The molecule has 0 bridgehead atoms. The number of fused-ring (bicyclic) bond motifs is 1. The van der Waals surface area contributed by atoms with Crippen molar-refractivity contribution in [2.75, 3.05) is 31.2 Å². The van der Waals surface area contributed by atoms with E-state index in [1.165, 1.54) is 6.07 Å². The summed E-state index contributed by atoms with van der Waals surface area (Å²) in [5.74, 6) is 0.226. The second-order valence-corrected chi connectivity index (χ2v) is 10.6. The van der Waals surface area contributed by atoms with Crippen LogP contribution in [0.3, 0.4) is 0 Å². The van der Waals surface area contributed by atoms with Gasteiger partial charge in [0.05, 0.1) is 24.3 Å². The van der Waals surface area contributed by atoms with Crippen molar-refractivity contribution in [2.24, 2.45) is 0 Å². The zero-order valence-electron chi connectivity index (χ0n) is 23.4. The first-order valence-electron chi connectivity index (χ1n) is 14.3. The van der Waals surface area contributed by atoms with Gasteiger partial charge in [-0.3, -0.25) is 4.79 Å². The summed E-state index contributed by atoms with van der Waals surface area (Å²) in [6.07, 6.45) is 2.33. The number of hydrogen-bond donors (Lipinski definition) is 0. The van der Waals surface area contributed by atoms with Crippen molar-refractivity contribution < 1.29 is 13.9 Å². The smallest absolute Gasteiger partial charge is 0.153 e. The number of aromatic nitrogens is 3. The number of pyridine rings is 1. The van der Waals surface area contributed by atoms with E-state index in [-0.39, 0.29) is 5.56 Å². The van der Waals surface area contributed by atoms with E-state index in [0.29, 0.717) is 36.1 Å². The van der Waals surface area contributed by atoms with Gasteiger partial charge in [-0.2, -0.15) is 5.10 Å². The molecular weight excluding hydrogens is 539 g/mol. The molecule has 0 N–H and O–H groups in total. The average molecular weight is 569 g/mol. The van der Waals surface area contributed by atoms with Crippen LogP contribution in [0.5, 0.6) is 0 Å². The van der Waals surface area contributed by atoms with Gasteiger partial charge in [-0.15, -0.1) is 0 Å². The zero-order valence-corrected chi connectivity index (χ0v) is 23.4. The summed E-state index contributed by atoms with van der Waals surface area (Å²) in [4.78, 5) is 18.8. The SMILES string of the molecule is O=Cc1cc2c(-c3ccnc(N4CCOCC4)c3)nn(C(c3ccccc3)(c3ccccc3)c3ccccc3)c2cc1F. The van der Waals surface area contributed by atoms with Crippen molar-refractivity contribution in [3.05, 3.63) is 150 Å². The molecule has 7 heteroatoms. The Kier molecular flexibility index (Phi) is 7.01. The lowest BCUT2D eigenvalue weighted by molar-refractivity contribution is 0.112. The average Bonchev–Trinajstić information content (AvgIpc) is 3.45. The van der Waals surface area contributed by atoms with Gasteiger partial charge in [0.25, 0.3) is 0 Å². The van der Waals surface area contributed by atoms with E-state index in [1.807, 2.05) is 71.4 Å². The molecule has 2 aromatic heterocycles. The number of ether oxygens (including phenoxy) is 1. The maximum atomic E-state index is 15.5. The van der Waals surface area contributed by atoms with E-state index in [9.17, 15) is 4.79 Å². The minimum Gasteiger partial charge on any atom is -0.378 e. The molecule has 3 heterocycles. The molecule has 0 spiro atoms. The van der Waals surface area contributed by atoms with Gasteiger partial charge in [-0.25, -0.2) is 14.1 Å². The third-order valence-corrected chi connectivity index (χ3v) is 8.17. The number of hydrogen-bond acceptors (Lipinski definition) is 5. The first-order chi connectivity index (χ1) is 21.2. The highest BCUT2D eigenvalue weighted by molar-refractivity contribution is 5.97. The van der Waals surface area contributed by atoms with Crippen LogP contribution in [0.1, 0.15) is 27.0 Å². The minimum atomic E-state index is -0.963. The molecule has 0 atom stereocenters. The third-order valence-electron chi connectivity index (χ3n) is 8.17. The van der Waals surface area contributed by atoms with Crippen LogP contribution in [0.25, 0.3) is 22.2 Å². The fourth-order valence-corrected chi connectivity index (χ4v) is 6.15. The molecule has 0 radical (unpaired) electrons. The van der Waals surface area contributed by atoms with Crippen LogP contribution in [-0.4, -0.2) is 47.4 Å². The van der Waals surface area contributed by atoms with Crippen LogP contribution >= 0.6 is 0 Å². The van der Waals surface area contributed by atoms with Gasteiger partial charge in [0.2, 0.25) is 0 Å². The molecule has 1 saturated heterocycles. The Morgan fingerprint density at radius 2 is 1.35 bits per heavy atom. The summed E-state index contributed by atoms with van der Waals surface area (Å²) in [5, 5.41) is 6.00. The number of aldehydes is 1. The van der Waals surface area contributed by atoms with Crippen molar-refractivity contribution in [3.8, 4) is 11.3 Å². The molecule has 0 amide bonds. The summed E-state index contributed by atoms with van der Waals surface area (Å²) in [6, 6.07) is 37.4. The Morgan fingerprint density at radius 1 is 0.767 bits per heavy atom. The largest absolute Gasteiger partial charge is 0.378 e. The third kappa shape index (κ3) is 4.58. The number of halogens is 1. The van der Waals surface area contributed by atoms with Crippen LogP contribution in [0.15, 0.2) is 121 Å². The maximum absolute atomic E-state index is 15.5. The number of morpholine rings is 1. The van der Waals surface area contributed by atoms with Gasteiger partial charge < -0.3 is 9.64 Å². The van der Waals surface area contributed by atoms with E-state index < -0.39 is 11.4 Å². The second-order valence-electron chi connectivity index (χ2n) is 10.6. The number of carbonyl (C=O) groups is 1. The van der Waals surface area contributed by atoms with E-state index in [0.717, 1.165) is 41.2 Å². The lowest BCUT2D eigenvalue weighted by atomic mass is 9.77. The molecule has 1 aliphatic heterocycles. The van der Waals surface area contributed by atoms with Crippen LogP contribution in [0, 0.1) is 5.82 Å². The highest BCUT2D eigenvalue weighted by atomic mass is 19.1. The van der Waals surface area contributed by atoms with Crippen molar-refractivity contribution in [1.82, 2.24) is 14.8 Å². The van der Waals surface area contributed by atoms with Crippen LogP contribution in [0.4, 0.5) is 10.2 Å². The van der Waals surface area contributed by atoms with Crippen LogP contribution in [0.2, 0.25) is 0 Å². The molecule has 0 unspecified atom stereocenters. The molecule has 0 saturated carbocycles. The van der Waals surface area contributed by atoms with Gasteiger partial charge in [0, 0.05) is 36.3 Å². The molecule has 4 aromatic carbocycles. The van der Waals surface area contributed by atoms with Gasteiger partial charge in [0.15, 0.2) is 6.29 Å². The number of nitrogens with zero attached hydrogens (tertiary/aromatic N) is 4. The summed E-state index contributed by atoms with van der Waals surface area (Å²) in [5.41, 5.74) is 3.95. The molecule has 43 heavy (non-hydrogen) atoms. The monoisotopic (exact) mass is 568 g/mol. The van der Waals surface area contributed by atoms with Crippen LogP contribution < -0.4 is 4.90 Å². The summed E-state index contributed by atoms with van der Waals surface area (Å²) in [6.45, 7) is 2.76. The first-order valence-corrected chi connectivity index (χ1v) is 14.3. The molecule has 1 fully saturated rings. The summed E-state index contributed by atoms with van der Waals surface area (Å²) < 4.78 is 23.0. The van der Waals surface area contributed by atoms with Crippen molar-refractivity contribution >= 4 is 23.0 Å². The fourth-order valence-electron chi connectivity index (χ4n) is 6.15. The Labute approximate surface area is 249 Å². The lowest BCUT2D eigenvalue weighted by Gasteiger charge is -2.37. The standard InChI is InChI=1S/C36H29FN4O2/c37-32-24-33-31(22-27(32)25-42)35(26-16-17-38-34(23-26)40-18-20-43-21-19-40)39-41(33)36(28-10-4-1-5-11-28,29-12-6-2-7-13-29)30-14-8-3-9-15-30/h1-17,22-25H,18-21H2. The minimum absolute atomic E-state index is 0.0134. The molecule has 7 rings (SSSR count). The highest BCUT2D eigenvalue weighted by Gasteiger charge is 2.41. The Balaban J connectivity index is 1.58. The second kappa shape index (κ2) is 11.3. The van der Waals surface area contributed by atoms with Gasteiger partial charge in [-0.05, 0) is 34.9 Å². The summed E-state index contributed by atoms with van der Waals surface area (Å²) in [7, 11) is 0. The number of rotatable bonds is 7. The number of anilines is 1. The Hall–Kier alpha value is -5.14. The predicted octanol–water partition coefficient (Wildman–Crippen LogP) is 6.73. The Bertz CT molecular complexity index is 1790. The lowest BCUT2D eigenvalue weighted by Crippen LogP contribution is -2.38. The van der Waals surface area contributed by atoms with E-state index in [4.69, 9.17) is 9.84 Å². The van der Waals surface area contributed by atoms with Gasteiger partial charge >= 0.3 is 0 Å². The predicted molar refractivity (Wildman–Crippen MR) is 166 cm³/mol. The molecule has 6 aromatic rings. The topological polar surface area (TPSA) is 60.3 Å². The molecule has 1 aliphatic rings. The van der Waals surface area contributed by atoms with Crippen LogP contribution in [-0.2, 0) is 10.3 Å². The Morgan fingerprint density at radius 3 is 1.91 bits per heavy atom. The maximum Gasteiger partial charge on any atom is 0.153 e. The molecule has 0 aliphatic carbocycles. The molecular formula is C36H29FN4O2. The highest BCUT2D eigenvalue weighted by Crippen LogP contribution is 2.44. The van der Waals surface area contributed by atoms with Crippen molar-refractivity contribution in [3.63, 3.8) is 0 Å². The quantitative estimate of drug-likeness (QED) is 0.158. The van der Waals surface area contributed by atoms with Gasteiger partial charge in [-0.1, -0.05) is 91.0 Å². The molecule has 6 nitrogen and oxygen atoms in total. The van der Waals surface area contributed by atoms with E-state index >= 15 is 4.39 Å². The summed E-state index contributed by atoms with van der Waals surface area (Å²) >= 11 is 0. The fraction of sp³-hybridized carbons (Fsp3) is 0.139. The van der Waals surface area contributed by atoms with Gasteiger partial charge in [0.1, 0.15) is 22.9 Å². The van der Waals surface area contributed by atoms with Crippen molar-refractivity contribution in [2.45, 2.75) is 5.54 Å². The number of carbonyl (C=O) groups excluding carboxylic acids is 1. The normalized spacial score (nSPS) is 13.7. The van der Waals surface area contributed by atoms with Crippen molar-refractivity contribution in [1.29, 1.82) is 0 Å². The first kappa shape index (κ1) is 26.7. The zero-order chi connectivity index (χ0) is 29.2. The van der Waals surface area contributed by atoms with E-state index in [2.05, 4.69) is 46.3 Å².